The van der Waals surface area contributed by atoms with Gasteiger partial charge in [0.1, 0.15) is 24.2 Å². The van der Waals surface area contributed by atoms with Crippen LogP contribution in [0.15, 0.2) is 59.6 Å². The molecule has 1 atom stereocenters. The maximum atomic E-state index is 13.1. The summed E-state index contributed by atoms with van der Waals surface area (Å²) in [6.07, 6.45) is 2.13. The van der Waals surface area contributed by atoms with Crippen molar-refractivity contribution in [1.29, 1.82) is 0 Å². The minimum atomic E-state index is -0.869. The van der Waals surface area contributed by atoms with Crippen LogP contribution < -0.4 is 15.4 Å². The lowest BCUT2D eigenvalue weighted by molar-refractivity contribution is -0.129. The van der Waals surface area contributed by atoms with Crippen LogP contribution in [-0.4, -0.2) is 39.2 Å². The van der Waals surface area contributed by atoms with Gasteiger partial charge >= 0.3 is 0 Å². The topological polar surface area (TPSA) is 98.1 Å². The molecule has 0 aliphatic rings. The van der Waals surface area contributed by atoms with Crippen LogP contribution in [0.25, 0.3) is 5.69 Å². The molecule has 0 saturated carbocycles. The molecular weight excluding hydrogens is 445 g/mol. The fourth-order valence-corrected chi connectivity index (χ4v) is 2.81. The molecule has 1 heterocycles. The van der Waals surface area contributed by atoms with E-state index in [-0.39, 0.29) is 12.5 Å². The summed E-state index contributed by atoms with van der Waals surface area (Å²) in [6, 6.07) is 10.9. The Morgan fingerprint density at radius 3 is 2.66 bits per heavy atom. The average molecular weight is 462 g/mol. The first-order valence-corrected chi connectivity index (χ1v) is 9.36. The highest BCUT2D eigenvalue weighted by atomic mass is 79.9. The van der Waals surface area contributed by atoms with E-state index in [0.29, 0.717) is 15.9 Å². The van der Waals surface area contributed by atoms with Gasteiger partial charge in [0, 0.05) is 5.69 Å². The number of halogens is 2. The summed E-state index contributed by atoms with van der Waals surface area (Å²) in [5, 5.41) is 9.20. The van der Waals surface area contributed by atoms with E-state index in [9.17, 15) is 14.0 Å². The molecule has 29 heavy (non-hydrogen) atoms. The number of hydrogen-bond acceptors (Lipinski definition) is 5. The molecule has 0 fully saturated rings. The van der Waals surface area contributed by atoms with E-state index in [1.807, 2.05) is 0 Å². The van der Waals surface area contributed by atoms with Gasteiger partial charge in [-0.2, -0.15) is 5.10 Å². The number of carbonyl (C=O) groups excluding carboxylic acids is 2. The van der Waals surface area contributed by atoms with Gasteiger partial charge < -0.3 is 15.4 Å². The lowest BCUT2D eigenvalue weighted by Crippen LogP contribution is -2.40. The van der Waals surface area contributed by atoms with Crippen molar-refractivity contribution in [3.05, 3.63) is 65.4 Å². The van der Waals surface area contributed by atoms with E-state index >= 15 is 0 Å². The van der Waals surface area contributed by atoms with Gasteiger partial charge in [-0.3, -0.25) is 9.59 Å². The summed E-state index contributed by atoms with van der Waals surface area (Å²) in [5.41, 5.74) is 1.37. The van der Waals surface area contributed by atoms with Gasteiger partial charge in [0.25, 0.3) is 5.91 Å². The third-order valence-corrected chi connectivity index (χ3v) is 4.44. The van der Waals surface area contributed by atoms with Gasteiger partial charge in [0.2, 0.25) is 5.91 Å². The van der Waals surface area contributed by atoms with Crippen LogP contribution in [0.4, 0.5) is 10.1 Å². The Labute approximate surface area is 174 Å². The Bertz CT molecular complexity index is 996. The van der Waals surface area contributed by atoms with E-state index in [2.05, 4.69) is 36.6 Å². The number of amides is 2. The molecule has 3 aromatic rings. The lowest BCUT2D eigenvalue weighted by atomic mass is 10.3. The van der Waals surface area contributed by atoms with Crippen molar-refractivity contribution in [3.8, 4) is 11.4 Å². The minimum Gasteiger partial charge on any atom is -0.480 e. The molecule has 150 valence electrons. The van der Waals surface area contributed by atoms with E-state index in [0.717, 1.165) is 5.69 Å². The highest BCUT2D eigenvalue weighted by Crippen LogP contribution is 2.26. The van der Waals surface area contributed by atoms with Gasteiger partial charge in [0.05, 0.1) is 16.7 Å². The number of rotatable bonds is 7. The van der Waals surface area contributed by atoms with Crippen LogP contribution in [0, 0.1) is 5.82 Å². The summed E-state index contributed by atoms with van der Waals surface area (Å²) in [7, 11) is 0. The first-order valence-electron chi connectivity index (χ1n) is 8.56. The second kappa shape index (κ2) is 9.28. The van der Waals surface area contributed by atoms with Crippen molar-refractivity contribution >= 4 is 33.4 Å². The standard InChI is InChI=1S/C19H17BrFN5O3/c1-12(29-17-7-2-13(21)8-16(17)20)19(28)23-9-18(27)25-14-3-5-15(6-4-14)26-11-22-10-24-26/h2-8,10-12H,9H2,1H3,(H,23,28)(H,25,27). The van der Waals surface area contributed by atoms with E-state index in [1.165, 1.54) is 31.5 Å². The molecule has 1 unspecified atom stereocenters. The number of nitrogens with zero attached hydrogens (tertiary/aromatic N) is 3. The molecule has 8 nitrogen and oxygen atoms in total. The smallest absolute Gasteiger partial charge is 0.261 e. The van der Waals surface area contributed by atoms with E-state index in [1.54, 1.807) is 35.3 Å². The molecule has 0 bridgehead atoms. The van der Waals surface area contributed by atoms with Crippen molar-refractivity contribution in [3.63, 3.8) is 0 Å². The minimum absolute atomic E-state index is 0.220. The Hall–Kier alpha value is -3.27. The quantitative estimate of drug-likeness (QED) is 0.563. The molecule has 2 N–H and O–H groups in total. The fourth-order valence-electron chi connectivity index (χ4n) is 2.37. The van der Waals surface area contributed by atoms with Crippen molar-refractivity contribution in [2.24, 2.45) is 0 Å². The molecular formula is C19H17BrFN5O3. The maximum Gasteiger partial charge on any atom is 0.261 e. The first kappa shape index (κ1) is 20.5. The number of aromatic nitrogens is 3. The highest BCUT2D eigenvalue weighted by Gasteiger charge is 2.17. The van der Waals surface area contributed by atoms with Gasteiger partial charge in [-0.15, -0.1) is 0 Å². The second-order valence-corrected chi connectivity index (χ2v) is 6.84. The molecule has 0 radical (unpaired) electrons. The zero-order valence-electron chi connectivity index (χ0n) is 15.3. The van der Waals surface area contributed by atoms with E-state index < -0.39 is 17.8 Å². The molecule has 2 amide bonds. The third-order valence-electron chi connectivity index (χ3n) is 3.82. The van der Waals surface area contributed by atoms with Crippen LogP contribution in [0.1, 0.15) is 6.92 Å². The molecule has 3 rings (SSSR count). The number of benzene rings is 2. The third kappa shape index (κ3) is 5.61. The predicted molar refractivity (Wildman–Crippen MR) is 107 cm³/mol. The Morgan fingerprint density at radius 2 is 2.00 bits per heavy atom. The summed E-state index contributed by atoms with van der Waals surface area (Å²) < 4.78 is 20.6. The molecule has 2 aromatic carbocycles. The van der Waals surface area contributed by atoms with Crippen LogP contribution in [0.5, 0.6) is 5.75 Å². The van der Waals surface area contributed by atoms with Crippen molar-refractivity contribution in [2.45, 2.75) is 13.0 Å². The molecule has 0 aliphatic carbocycles. The largest absolute Gasteiger partial charge is 0.480 e. The zero-order valence-corrected chi connectivity index (χ0v) is 16.9. The lowest BCUT2D eigenvalue weighted by Gasteiger charge is -2.15. The fraction of sp³-hybridized carbons (Fsp3) is 0.158. The van der Waals surface area contributed by atoms with Crippen molar-refractivity contribution in [2.75, 3.05) is 11.9 Å². The molecule has 10 heteroatoms. The number of ether oxygens (including phenoxy) is 1. The highest BCUT2D eigenvalue weighted by molar-refractivity contribution is 9.10. The molecule has 0 saturated heterocycles. The summed E-state index contributed by atoms with van der Waals surface area (Å²) >= 11 is 3.17. The number of hydrogen-bond donors (Lipinski definition) is 2. The van der Waals surface area contributed by atoms with Crippen molar-refractivity contribution < 1.29 is 18.7 Å². The average Bonchev–Trinajstić information content (AvgIpc) is 3.23. The van der Waals surface area contributed by atoms with Crippen molar-refractivity contribution in [1.82, 2.24) is 20.1 Å². The number of carbonyl (C=O) groups is 2. The van der Waals surface area contributed by atoms with Crippen LogP contribution in [-0.2, 0) is 9.59 Å². The maximum absolute atomic E-state index is 13.1. The van der Waals surface area contributed by atoms with Gasteiger partial charge in [-0.25, -0.2) is 14.1 Å². The van der Waals surface area contributed by atoms with E-state index in [4.69, 9.17) is 4.74 Å². The van der Waals surface area contributed by atoms with Gasteiger partial charge in [-0.1, -0.05) is 0 Å². The Balaban J connectivity index is 1.47. The van der Waals surface area contributed by atoms with Gasteiger partial charge in [0.15, 0.2) is 6.10 Å². The Kier molecular flexibility index (Phi) is 6.55. The molecule has 1 aromatic heterocycles. The predicted octanol–water partition coefficient (Wildman–Crippen LogP) is 2.69. The summed E-state index contributed by atoms with van der Waals surface area (Å²) in [6.45, 7) is 1.31. The monoisotopic (exact) mass is 461 g/mol. The van der Waals surface area contributed by atoms with Crippen LogP contribution in [0.3, 0.4) is 0 Å². The summed E-state index contributed by atoms with van der Waals surface area (Å²) in [5.74, 6) is -0.960. The molecule has 0 spiro atoms. The number of anilines is 1. The zero-order chi connectivity index (χ0) is 20.8. The SMILES string of the molecule is CC(Oc1ccc(F)cc1Br)C(=O)NCC(=O)Nc1ccc(-n2cncn2)cc1. The van der Waals surface area contributed by atoms with Crippen LogP contribution in [0.2, 0.25) is 0 Å². The Morgan fingerprint density at radius 1 is 1.24 bits per heavy atom. The second-order valence-electron chi connectivity index (χ2n) is 5.99. The first-order chi connectivity index (χ1) is 13.9. The number of nitrogens with one attached hydrogen (secondary N) is 2. The van der Waals surface area contributed by atoms with Crippen LogP contribution >= 0.6 is 15.9 Å². The normalized spacial score (nSPS) is 11.6. The van der Waals surface area contributed by atoms with Gasteiger partial charge in [-0.05, 0) is 65.3 Å². The summed E-state index contributed by atoms with van der Waals surface area (Å²) in [4.78, 5) is 28.1. The molecule has 0 aliphatic heterocycles.